The number of fused-ring (bicyclic) bond motifs is 1. The van der Waals surface area contributed by atoms with E-state index in [4.69, 9.17) is 0 Å². The van der Waals surface area contributed by atoms with Crippen molar-refractivity contribution in [2.24, 2.45) is 0 Å². The topological polar surface area (TPSA) is 24.9 Å². The van der Waals surface area contributed by atoms with Gasteiger partial charge in [0, 0.05) is 12.7 Å². The van der Waals surface area contributed by atoms with Gasteiger partial charge in [0.25, 0.3) is 0 Å². The van der Waals surface area contributed by atoms with Gasteiger partial charge in [-0.25, -0.2) is 4.98 Å². The van der Waals surface area contributed by atoms with E-state index < -0.39 is 0 Å². The minimum atomic E-state index is 0. The van der Waals surface area contributed by atoms with Crippen molar-refractivity contribution < 1.29 is 0 Å². The lowest BCUT2D eigenvalue weighted by molar-refractivity contribution is 0.640. The van der Waals surface area contributed by atoms with E-state index >= 15 is 0 Å². The first-order valence-electron chi connectivity index (χ1n) is 3.70. The molecule has 2 heterocycles. The Morgan fingerprint density at radius 2 is 2.25 bits per heavy atom. The second-order valence-electron chi connectivity index (χ2n) is 2.70. The maximum atomic E-state index is 4.18. The van der Waals surface area contributed by atoms with Crippen LogP contribution in [0.25, 0.3) is 0 Å². The van der Waals surface area contributed by atoms with Crippen LogP contribution in [-0.4, -0.2) is 11.5 Å². The molecular weight excluding hydrogens is 239 g/mol. The zero-order chi connectivity index (χ0) is 7.68. The normalized spacial score (nSPS) is 14.8. The lowest BCUT2D eigenvalue weighted by Crippen LogP contribution is -2.23. The summed E-state index contributed by atoms with van der Waals surface area (Å²) in [6.45, 7) is 2.06. The summed E-state index contributed by atoms with van der Waals surface area (Å²) < 4.78 is 0.931. The third kappa shape index (κ3) is 1.97. The van der Waals surface area contributed by atoms with Crippen LogP contribution in [0.15, 0.2) is 16.9 Å². The molecule has 2 rings (SSSR count). The first kappa shape index (κ1) is 9.96. The summed E-state index contributed by atoms with van der Waals surface area (Å²) in [7, 11) is 0. The average Bonchev–Trinajstić information content (AvgIpc) is 2.04. The summed E-state index contributed by atoms with van der Waals surface area (Å²) in [6, 6.07) is 2.08. The Balaban J connectivity index is 0.000000720. The Bertz CT molecular complexity index is 278. The van der Waals surface area contributed by atoms with Crippen LogP contribution in [-0.2, 0) is 13.0 Å². The number of aromatic nitrogens is 1. The van der Waals surface area contributed by atoms with Crippen molar-refractivity contribution in [3.63, 3.8) is 0 Å². The van der Waals surface area contributed by atoms with E-state index in [0.29, 0.717) is 0 Å². The summed E-state index contributed by atoms with van der Waals surface area (Å²) in [5.41, 5.74) is 2.75. The van der Waals surface area contributed by atoms with Gasteiger partial charge in [-0.3, -0.25) is 0 Å². The molecule has 0 fully saturated rings. The van der Waals surface area contributed by atoms with E-state index in [1.165, 1.54) is 11.1 Å². The number of hydrogen-bond acceptors (Lipinski definition) is 2. The third-order valence-electron chi connectivity index (χ3n) is 1.94. The molecule has 0 aliphatic carbocycles. The molecule has 66 valence electrons. The highest BCUT2D eigenvalue weighted by Gasteiger charge is 2.08. The predicted molar refractivity (Wildman–Crippen MR) is 54.6 cm³/mol. The summed E-state index contributed by atoms with van der Waals surface area (Å²) in [4.78, 5) is 4.18. The van der Waals surface area contributed by atoms with Gasteiger partial charge < -0.3 is 5.32 Å². The maximum absolute atomic E-state index is 4.18. The fourth-order valence-electron chi connectivity index (χ4n) is 1.33. The molecule has 12 heavy (non-hydrogen) atoms. The van der Waals surface area contributed by atoms with Crippen molar-refractivity contribution >= 4 is 28.3 Å². The van der Waals surface area contributed by atoms with Crippen LogP contribution in [0.3, 0.4) is 0 Å². The van der Waals surface area contributed by atoms with Crippen molar-refractivity contribution in [3.8, 4) is 0 Å². The fourth-order valence-corrected chi connectivity index (χ4v) is 1.71. The van der Waals surface area contributed by atoms with Gasteiger partial charge >= 0.3 is 0 Å². The fraction of sp³-hybridized carbons (Fsp3) is 0.375. The predicted octanol–water partition coefficient (Wildman–Crippen LogP) is 1.91. The second-order valence-corrected chi connectivity index (χ2v) is 3.51. The Morgan fingerprint density at radius 1 is 1.42 bits per heavy atom. The van der Waals surface area contributed by atoms with Crippen molar-refractivity contribution in [1.29, 1.82) is 0 Å². The van der Waals surface area contributed by atoms with Gasteiger partial charge in [-0.2, -0.15) is 0 Å². The number of halogens is 2. The van der Waals surface area contributed by atoms with E-state index in [1.54, 1.807) is 0 Å². The summed E-state index contributed by atoms with van der Waals surface area (Å²) in [5.74, 6) is 0. The van der Waals surface area contributed by atoms with E-state index in [0.717, 1.165) is 24.1 Å². The summed E-state index contributed by atoms with van der Waals surface area (Å²) >= 11 is 3.35. The van der Waals surface area contributed by atoms with E-state index in [-0.39, 0.29) is 12.4 Å². The molecular formula is C8H10BrClN2. The van der Waals surface area contributed by atoms with Crippen molar-refractivity contribution in [3.05, 3.63) is 28.0 Å². The molecule has 0 amide bonds. The second kappa shape index (κ2) is 4.21. The van der Waals surface area contributed by atoms with Crippen molar-refractivity contribution in [2.45, 2.75) is 13.0 Å². The van der Waals surface area contributed by atoms with Crippen LogP contribution >= 0.6 is 28.3 Å². The summed E-state index contributed by atoms with van der Waals surface area (Å²) in [5, 5.41) is 3.32. The minimum absolute atomic E-state index is 0. The standard InChI is InChI=1S/C8H9BrN2.ClH/c9-8-3-7-4-10-2-1-6(7)5-11-8;/h3,5,10H,1-2,4H2;1H. The molecule has 0 saturated carbocycles. The van der Waals surface area contributed by atoms with Crippen molar-refractivity contribution in [2.75, 3.05) is 6.54 Å². The first-order chi connectivity index (χ1) is 5.36. The lowest BCUT2D eigenvalue weighted by Gasteiger charge is -2.15. The largest absolute Gasteiger partial charge is 0.312 e. The molecule has 0 aromatic carbocycles. The van der Waals surface area contributed by atoms with Gasteiger partial charge in [-0.05, 0) is 46.1 Å². The highest BCUT2D eigenvalue weighted by Crippen LogP contribution is 2.16. The van der Waals surface area contributed by atoms with Gasteiger partial charge in [0.1, 0.15) is 4.60 Å². The highest BCUT2D eigenvalue weighted by molar-refractivity contribution is 9.10. The maximum Gasteiger partial charge on any atom is 0.106 e. The third-order valence-corrected chi connectivity index (χ3v) is 2.37. The zero-order valence-corrected chi connectivity index (χ0v) is 8.91. The molecule has 1 aliphatic rings. The molecule has 0 saturated heterocycles. The quantitative estimate of drug-likeness (QED) is 0.711. The Labute approximate surface area is 86.3 Å². The molecule has 0 atom stereocenters. The zero-order valence-electron chi connectivity index (χ0n) is 6.51. The van der Waals surface area contributed by atoms with Crippen molar-refractivity contribution in [1.82, 2.24) is 10.3 Å². The Morgan fingerprint density at radius 3 is 3.08 bits per heavy atom. The molecule has 1 N–H and O–H groups in total. The van der Waals surface area contributed by atoms with Crippen LogP contribution in [0.1, 0.15) is 11.1 Å². The monoisotopic (exact) mass is 248 g/mol. The number of pyridine rings is 1. The molecule has 1 aromatic rings. The first-order valence-corrected chi connectivity index (χ1v) is 4.49. The van der Waals surface area contributed by atoms with Crippen LogP contribution in [0.2, 0.25) is 0 Å². The SMILES string of the molecule is Brc1cc2c(cn1)CCNC2.Cl. The van der Waals surface area contributed by atoms with E-state index in [9.17, 15) is 0 Å². The Kier molecular flexibility index (Phi) is 3.50. The Hall–Kier alpha value is -0.120. The number of nitrogens with zero attached hydrogens (tertiary/aromatic N) is 1. The molecule has 2 nitrogen and oxygen atoms in total. The van der Waals surface area contributed by atoms with Crippen LogP contribution in [0.4, 0.5) is 0 Å². The number of nitrogens with one attached hydrogen (secondary N) is 1. The van der Waals surface area contributed by atoms with Gasteiger partial charge in [0.2, 0.25) is 0 Å². The van der Waals surface area contributed by atoms with E-state index in [1.807, 2.05) is 6.20 Å². The van der Waals surface area contributed by atoms with Gasteiger partial charge in [-0.15, -0.1) is 12.4 Å². The summed E-state index contributed by atoms with van der Waals surface area (Å²) in [6.07, 6.45) is 3.07. The van der Waals surface area contributed by atoms with Gasteiger partial charge in [0.15, 0.2) is 0 Å². The lowest BCUT2D eigenvalue weighted by atomic mass is 10.0. The highest BCUT2D eigenvalue weighted by atomic mass is 79.9. The van der Waals surface area contributed by atoms with Crippen LogP contribution < -0.4 is 5.32 Å². The van der Waals surface area contributed by atoms with Gasteiger partial charge in [-0.1, -0.05) is 0 Å². The van der Waals surface area contributed by atoms with Crippen LogP contribution in [0, 0.1) is 0 Å². The van der Waals surface area contributed by atoms with Gasteiger partial charge in [0.05, 0.1) is 0 Å². The molecule has 1 aliphatic heterocycles. The molecule has 0 bridgehead atoms. The molecule has 1 aromatic heterocycles. The average molecular weight is 250 g/mol. The molecule has 0 radical (unpaired) electrons. The number of hydrogen-bond donors (Lipinski definition) is 1. The number of rotatable bonds is 0. The molecule has 0 unspecified atom stereocenters. The minimum Gasteiger partial charge on any atom is -0.312 e. The smallest absolute Gasteiger partial charge is 0.106 e. The van der Waals surface area contributed by atoms with Crippen LogP contribution in [0.5, 0.6) is 0 Å². The molecule has 0 spiro atoms. The molecule has 4 heteroatoms. The van der Waals surface area contributed by atoms with E-state index in [2.05, 4.69) is 32.3 Å².